The summed E-state index contributed by atoms with van der Waals surface area (Å²) >= 11 is 0. The Kier molecular flexibility index (Phi) is 4.43. The minimum Gasteiger partial charge on any atom is -0.461 e. The highest BCUT2D eigenvalue weighted by molar-refractivity contribution is 5.30. The second-order valence-electron chi connectivity index (χ2n) is 4.19. The number of aromatic nitrogens is 3. The second kappa shape index (κ2) is 6.27. The third kappa shape index (κ3) is 3.72. The molecular formula is C12H13F2N5O2. The number of ether oxygens (including phenoxy) is 2. The maximum atomic E-state index is 13.5. The van der Waals surface area contributed by atoms with Crippen LogP contribution in [0.5, 0.6) is 17.8 Å². The van der Waals surface area contributed by atoms with E-state index >= 15 is 0 Å². The molecule has 2 rings (SSSR count). The smallest absolute Gasteiger partial charge is 0.330 e. The molecule has 21 heavy (non-hydrogen) atoms. The molecule has 0 atom stereocenters. The third-order valence-electron chi connectivity index (χ3n) is 2.18. The van der Waals surface area contributed by atoms with Crippen LogP contribution in [0.3, 0.4) is 0 Å². The molecule has 0 spiro atoms. The molecule has 112 valence electrons. The van der Waals surface area contributed by atoms with Gasteiger partial charge in [0.1, 0.15) is 0 Å². The zero-order chi connectivity index (χ0) is 15.4. The molecule has 0 aliphatic heterocycles. The van der Waals surface area contributed by atoms with Crippen molar-refractivity contribution in [1.29, 1.82) is 0 Å². The monoisotopic (exact) mass is 297 g/mol. The summed E-state index contributed by atoms with van der Waals surface area (Å²) in [5, 5.41) is 0. The van der Waals surface area contributed by atoms with Crippen molar-refractivity contribution in [2.45, 2.75) is 20.0 Å². The number of nitrogens with one attached hydrogen (secondary N) is 1. The summed E-state index contributed by atoms with van der Waals surface area (Å²) in [7, 11) is 0. The van der Waals surface area contributed by atoms with Gasteiger partial charge in [0.15, 0.2) is 11.6 Å². The summed E-state index contributed by atoms with van der Waals surface area (Å²) in [5.41, 5.74) is 2.20. The lowest BCUT2D eigenvalue weighted by Crippen LogP contribution is -2.15. The second-order valence-corrected chi connectivity index (χ2v) is 4.19. The minimum atomic E-state index is -1.15. The largest absolute Gasteiger partial charge is 0.461 e. The van der Waals surface area contributed by atoms with E-state index in [4.69, 9.17) is 15.3 Å². The van der Waals surface area contributed by atoms with Gasteiger partial charge in [-0.25, -0.2) is 10.2 Å². The minimum absolute atomic E-state index is 0.0348. The van der Waals surface area contributed by atoms with Crippen molar-refractivity contribution in [3.8, 4) is 17.8 Å². The van der Waals surface area contributed by atoms with Crippen molar-refractivity contribution in [3.05, 3.63) is 29.8 Å². The van der Waals surface area contributed by atoms with Crippen LogP contribution in [0.25, 0.3) is 0 Å². The Morgan fingerprint density at radius 1 is 1.14 bits per heavy atom. The molecule has 0 saturated heterocycles. The third-order valence-corrected chi connectivity index (χ3v) is 2.18. The van der Waals surface area contributed by atoms with E-state index in [9.17, 15) is 8.78 Å². The Bertz CT molecular complexity index is 639. The molecule has 3 N–H and O–H groups in total. The number of hydrogen-bond donors (Lipinski definition) is 2. The highest BCUT2D eigenvalue weighted by Crippen LogP contribution is 2.25. The number of halogens is 2. The topological polar surface area (TPSA) is 95.2 Å². The SMILES string of the molecule is CC(C)Oc1nc(NN)nc(Oc2cccc(F)c2F)n1. The predicted octanol–water partition coefficient (Wildman–Crippen LogP) is 2.01. The van der Waals surface area contributed by atoms with Gasteiger partial charge >= 0.3 is 12.0 Å². The molecular weight excluding hydrogens is 284 g/mol. The van der Waals surface area contributed by atoms with Crippen molar-refractivity contribution in [2.75, 3.05) is 5.43 Å². The van der Waals surface area contributed by atoms with Gasteiger partial charge in [0.25, 0.3) is 0 Å². The molecule has 0 amide bonds. The van der Waals surface area contributed by atoms with Gasteiger partial charge in [-0.3, -0.25) is 5.43 Å². The number of hydrazine groups is 1. The van der Waals surface area contributed by atoms with Gasteiger partial charge in [-0.2, -0.15) is 14.4 Å². The van der Waals surface area contributed by atoms with Gasteiger partial charge < -0.3 is 9.47 Å². The zero-order valence-corrected chi connectivity index (χ0v) is 11.3. The molecule has 1 aromatic heterocycles. The lowest BCUT2D eigenvalue weighted by molar-refractivity contribution is 0.218. The molecule has 0 aliphatic rings. The number of anilines is 1. The van der Waals surface area contributed by atoms with Gasteiger partial charge in [0.05, 0.1) is 6.10 Å². The first-order valence-electron chi connectivity index (χ1n) is 6.01. The standard InChI is InChI=1S/C12H13F2N5O2/c1-6(2)20-11-16-10(19-15)17-12(18-11)21-8-5-3-4-7(13)9(8)14/h3-6H,15H2,1-2H3,(H,16,17,18,19). The van der Waals surface area contributed by atoms with E-state index in [0.717, 1.165) is 6.07 Å². The molecule has 2 aromatic rings. The normalized spacial score (nSPS) is 10.6. The van der Waals surface area contributed by atoms with Gasteiger partial charge in [-0.05, 0) is 26.0 Å². The summed E-state index contributed by atoms with van der Waals surface area (Å²) in [4.78, 5) is 11.5. The number of nitrogens with two attached hydrogens (primary N) is 1. The first-order valence-corrected chi connectivity index (χ1v) is 6.01. The summed E-state index contributed by atoms with van der Waals surface area (Å²) in [6, 6.07) is 3.16. The van der Waals surface area contributed by atoms with Crippen molar-refractivity contribution in [1.82, 2.24) is 15.0 Å². The van der Waals surface area contributed by atoms with E-state index in [1.54, 1.807) is 13.8 Å². The quantitative estimate of drug-likeness (QED) is 0.643. The fourth-order valence-corrected chi connectivity index (χ4v) is 1.37. The molecule has 9 heteroatoms. The van der Waals surface area contributed by atoms with E-state index < -0.39 is 11.6 Å². The van der Waals surface area contributed by atoms with Crippen LogP contribution in [0, 0.1) is 11.6 Å². The maximum absolute atomic E-state index is 13.5. The fourth-order valence-electron chi connectivity index (χ4n) is 1.37. The highest BCUT2D eigenvalue weighted by Gasteiger charge is 2.14. The van der Waals surface area contributed by atoms with E-state index in [-0.39, 0.29) is 29.8 Å². The van der Waals surface area contributed by atoms with Crippen LogP contribution in [0.2, 0.25) is 0 Å². The van der Waals surface area contributed by atoms with Crippen molar-refractivity contribution in [3.63, 3.8) is 0 Å². The highest BCUT2D eigenvalue weighted by atomic mass is 19.2. The van der Waals surface area contributed by atoms with E-state index in [1.165, 1.54) is 12.1 Å². The Morgan fingerprint density at radius 3 is 2.52 bits per heavy atom. The first kappa shape index (κ1) is 14.9. The van der Waals surface area contributed by atoms with Gasteiger partial charge in [0, 0.05) is 0 Å². The number of rotatable bonds is 5. The molecule has 0 bridgehead atoms. The Balaban J connectivity index is 2.32. The van der Waals surface area contributed by atoms with Crippen LogP contribution in [0.4, 0.5) is 14.7 Å². The number of nitrogen functional groups attached to an aromatic ring is 1. The summed E-state index contributed by atoms with van der Waals surface area (Å²) < 4.78 is 37.0. The van der Waals surface area contributed by atoms with Crippen molar-refractivity contribution in [2.24, 2.45) is 5.84 Å². The van der Waals surface area contributed by atoms with Crippen molar-refractivity contribution < 1.29 is 18.3 Å². The van der Waals surface area contributed by atoms with Crippen LogP contribution in [0.15, 0.2) is 18.2 Å². The first-order chi connectivity index (χ1) is 9.99. The number of benzene rings is 1. The van der Waals surface area contributed by atoms with E-state index in [0.29, 0.717) is 0 Å². The number of hydrogen-bond acceptors (Lipinski definition) is 7. The van der Waals surface area contributed by atoms with E-state index in [2.05, 4.69) is 20.4 Å². The predicted molar refractivity (Wildman–Crippen MR) is 69.8 cm³/mol. The lowest BCUT2D eigenvalue weighted by atomic mass is 10.3. The van der Waals surface area contributed by atoms with Crippen LogP contribution in [-0.2, 0) is 0 Å². The summed E-state index contributed by atoms with van der Waals surface area (Å²) in [6.07, 6.45) is -0.197. The van der Waals surface area contributed by atoms with Crippen LogP contribution < -0.4 is 20.7 Å². The van der Waals surface area contributed by atoms with Gasteiger partial charge in [-0.1, -0.05) is 6.07 Å². The molecule has 0 aliphatic carbocycles. The molecule has 1 heterocycles. The molecule has 7 nitrogen and oxygen atoms in total. The Hall–Kier alpha value is -2.55. The molecule has 0 fully saturated rings. The maximum Gasteiger partial charge on any atom is 0.330 e. The number of nitrogens with zero attached hydrogens (tertiary/aromatic N) is 3. The molecule has 0 radical (unpaired) electrons. The molecule has 1 aromatic carbocycles. The average molecular weight is 297 g/mol. The van der Waals surface area contributed by atoms with Crippen molar-refractivity contribution >= 4 is 5.95 Å². The Labute approximate surface area is 119 Å². The molecule has 0 saturated carbocycles. The van der Waals surface area contributed by atoms with Gasteiger partial charge in [0.2, 0.25) is 11.8 Å². The summed E-state index contributed by atoms with van der Waals surface area (Å²) in [6.45, 7) is 3.54. The van der Waals surface area contributed by atoms with Crippen LogP contribution in [-0.4, -0.2) is 21.1 Å². The fraction of sp³-hybridized carbons (Fsp3) is 0.250. The lowest BCUT2D eigenvalue weighted by Gasteiger charge is -2.10. The van der Waals surface area contributed by atoms with E-state index in [1.807, 2.05) is 0 Å². The zero-order valence-electron chi connectivity index (χ0n) is 11.3. The van der Waals surface area contributed by atoms with Crippen LogP contribution >= 0.6 is 0 Å². The van der Waals surface area contributed by atoms with Crippen LogP contribution in [0.1, 0.15) is 13.8 Å². The Morgan fingerprint density at radius 2 is 1.86 bits per heavy atom. The van der Waals surface area contributed by atoms with Gasteiger partial charge in [-0.15, -0.1) is 4.98 Å². The summed E-state index contributed by atoms with van der Waals surface area (Å²) in [5.74, 6) is 2.63. The average Bonchev–Trinajstić information content (AvgIpc) is 2.43. The molecule has 0 unspecified atom stereocenters.